The highest BCUT2D eigenvalue weighted by Gasteiger charge is 2.18. The van der Waals surface area contributed by atoms with Crippen molar-refractivity contribution in [1.82, 2.24) is 5.32 Å². The van der Waals surface area contributed by atoms with Crippen LogP contribution in [0.15, 0.2) is 36.5 Å². The first-order valence-corrected chi connectivity index (χ1v) is 29.8. The summed E-state index contributed by atoms with van der Waals surface area (Å²) in [5.74, 6) is -0.143. The third-order valence-corrected chi connectivity index (χ3v) is 13.6. The molecule has 0 saturated heterocycles. The summed E-state index contributed by atoms with van der Waals surface area (Å²) < 4.78 is 5.45. The van der Waals surface area contributed by atoms with Crippen LogP contribution in [0.3, 0.4) is 0 Å². The van der Waals surface area contributed by atoms with Gasteiger partial charge in [0.15, 0.2) is 0 Å². The van der Waals surface area contributed by atoms with E-state index in [0.29, 0.717) is 19.4 Å². The van der Waals surface area contributed by atoms with Gasteiger partial charge in [-0.3, -0.25) is 9.59 Å². The molecule has 0 heterocycles. The van der Waals surface area contributed by atoms with Gasteiger partial charge in [0.2, 0.25) is 5.91 Å². The zero-order chi connectivity index (χ0) is 48.6. The number of amides is 1. The highest BCUT2D eigenvalue weighted by atomic mass is 16.5. The van der Waals surface area contributed by atoms with Crippen molar-refractivity contribution in [3.63, 3.8) is 0 Å². The minimum atomic E-state index is -0.868. The van der Waals surface area contributed by atoms with E-state index in [2.05, 4.69) is 43.5 Å². The van der Waals surface area contributed by atoms with E-state index < -0.39 is 12.1 Å². The number of hydrogen-bond acceptors (Lipinski definition) is 5. The first-order valence-electron chi connectivity index (χ1n) is 29.8. The van der Waals surface area contributed by atoms with Crippen LogP contribution in [0.1, 0.15) is 316 Å². The maximum absolute atomic E-state index is 12.5. The molecule has 67 heavy (non-hydrogen) atoms. The van der Waals surface area contributed by atoms with Gasteiger partial charge < -0.3 is 20.3 Å². The van der Waals surface area contributed by atoms with E-state index in [1.807, 2.05) is 6.08 Å². The van der Waals surface area contributed by atoms with Crippen molar-refractivity contribution < 1.29 is 24.5 Å². The van der Waals surface area contributed by atoms with Crippen molar-refractivity contribution >= 4 is 11.9 Å². The summed E-state index contributed by atoms with van der Waals surface area (Å²) in [4.78, 5) is 24.6. The normalized spacial score (nSPS) is 12.8. The van der Waals surface area contributed by atoms with Gasteiger partial charge in [0.1, 0.15) is 0 Å². The van der Waals surface area contributed by atoms with Crippen LogP contribution in [-0.4, -0.2) is 47.4 Å². The van der Waals surface area contributed by atoms with Crippen LogP contribution < -0.4 is 5.32 Å². The van der Waals surface area contributed by atoms with Gasteiger partial charge >= 0.3 is 5.97 Å². The first-order chi connectivity index (χ1) is 33.0. The van der Waals surface area contributed by atoms with Crippen LogP contribution in [-0.2, 0) is 14.3 Å². The Hall–Kier alpha value is -1.92. The van der Waals surface area contributed by atoms with Crippen molar-refractivity contribution in [3.05, 3.63) is 36.5 Å². The summed E-state index contributed by atoms with van der Waals surface area (Å²) in [6.45, 7) is 4.83. The molecule has 6 heteroatoms. The molecule has 3 N–H and O–H groups in total. The van der Waals surface area contributed by atoms with Crippen LogP contribution in [0.4, 0.5) is 0 Å². The molecule has 0 rings (SSSR count). The van der Waals surface area contributed by atoms with Crippen LogP contribution in [0.5, 0.6) is 0 Å². The van der Waals surface area contributed by atoms with E-state index in [9.17, 15) is 19.8 Å². The van der Waals surface area contributed by atoms with Gasteiger partial charge in [0.25, 0.3) is 0 Å². The number of rotatable bonds is 55. The second-order valence-electron chi connectivity index (χ2n) is 20.3. The van der Waals surface area contributed by atoms with E-state index >= 15 is 0 Å². The van der Waals surface area contributed by atoms with Gasteiger partial charge in [-0.2, -0.15) is 0 Å². The number of carbonyl (C=O) groups is 2. The molecular formula is C61H115NO5. The molecule has 394 valence electrons. The molecule has 0 aliphatic carbocycles. The van der Waals surface area contributed by atoms with Gasteiger partial charge in [-0.1, -0.05) is 256 Å². The number of aliphatic hydroxyl groups is 2. The van der Waals surface area contributed by atoms with Crippen molar-refractivity contribution in [2.75, 3.05) is 13.2 Å². The molecule has 0 radical (unpaired) electrons. The highest BCUT2D eigenvalue weighted by molar-refractivity contribution is 5.76. The van der Waals surface area contributed by atoms with Crippen molar-refractivity contribution in [1.29, 1.82) is 0 Å². The smallest absolute Gasteiger partial charge is 0.305 e. The molecule has 0 aromatic heterocycles. The second-order valence-corrected chi connectivity index (χ2v) is 20.3. The highest BCUT2D eigenvalue weighted by Crippen LogP contribution is 2.17. The lowest BCUT2D eigenvalue weighted by atomic mass is 10.0. The van der Waals surface area contributed by atoms with Crippen molar-refractivity contribution in [2.45, 2.75) is 328 Å². The molecule has 0 saturated carbocycles. The second kappa shape index (κ2) is 56.7. The SMILES string of the molecule is CCCCCCCCC/C=C\CCCCCCCCCC(=O)OCCCC/C=C\CCCCCCC(=O)NC(CO)C(O)/C=C/CCCCCCCCCCCCCCCCCCCCCC. The lowest BCUT2D eigenvalue weighted by Crippen LogP contribution is -2.45. The number of nitrogens with one attached hydrogen (secondary N) is 1. The number of esters is 1. The molecule has 1 amide bonds. The largest absolute Gasteiger partial charge is 0.466 e. The Morgan fingerprint density at radius 2 is 0.701 bits per heavy atom. The Labute approximate surface area is 417 Å². The molecule has 0 aromatic carbocycles. The lowest BCUT2D eigenvalue weighted by Gasteiger charge is -2.20. The average Bonchev–Trinajstić information content (AvgIpc) is 3.33. The Kier molecular flexibility index (Phi) is 55.0. The van der Waals surface area contributed by atoms with Gasteiger partial charge in [-0.05, 0) is 83.5 Å². The zero-order valence-corrected chi connectivity index (χ0v) is 44.9. The fraction of sp³-hybridized carbons (Fsp3) is 0.869. The Balaban J connectivity index is 3.54. The summed E-state index contributed by atoms with van der Waals surface area (Å²) >= 11 is 0. The first kappa shape index (κ1) is 65.1. The number of ether oxygens (including phenoxy) is 1. The van der Waals surface area contributed by atoms with E-state index in [-0.39, 0.29) is 18.5 Å². The average molecular weight is 943 g/mol. The van der Waals surface area contributed by atoms with Crippen LogP contribution in [0, 0.1) is 0 Å². The molecule has 2 unspecified atom stereocenters. The van der Waals surface area contributed by atoms with E-state index in [0.717, 1.165) is 77.0 Å². The molecule has 0 aromatic rings. The van der Waals surface area contributed by atoms with Crippen LogP contribution >= 0.6 is 0 Å². The standard InChI is InChI=1S/C61H115NO5/c1-3-5-7-9-11-13-15-17-19-21-23-24-25-26-27-29-31-33-37-41-45-49-53-59(64)58(57-63)62-60(65)54-50-46-42-38-35-36-40-44-48-52-56-67-61(66)55-51-47-43-39-34-32-30-28-22-20-18-16-14-12-10-8-6-4-2/h20,22,36,40,49,53,58-59,63-64H,3-19,21,23-35,37-39,41-48,50-52,54-57H2,1-2H3,(H,62,65)/b22-20-,40-36-,53-49+. The fourth-order valence-electron chi connectivity index (χ4n) is 9.03. The number of unbranched alkanes of at least 4 members (excludes halogenated alkanes) is 40. The minimum Gasteiger partial charge on any atom is -0.466 e. The van der Waals surface area contributed by atoms with E-state index in [1.54, 1.807) is 6.08 Å². The fourth-order valence-corrected chi connectivity index (χ4v) is 9.03. The Morgan fingerprint density at radius 1 is 0.403 bits per heavy atom. The zero-order valence-electron chi connectivity index (χ0n) is 44.9. The molecule has 2 atom stereocenters. The quantitative estimate of drug-likeness (QED) is 0.0321. The van der Waals surface area contributed by atoms with Crippen molar-refractivity contribution in [3.8, 4) is 0 Å². The third-order valence-electron chi connectivity index (χ3n) is 13.6. The summed E-state index contributed by atoms with van der Waals surface area (Å²) in [6, 6.07) is -0.655. The Morgan fingerprint density at radius 3 is 1.06 bits per heavy atom. The lowest BCUT2D eigenvalue weighted by molar-refractivity contribution is -0.143. The molecule has 0 aliphatic rings. The molecular weight excluding hydrogens is 827 g/mol. The Bertz CT molecular complexity index is 1090. The summed E-state index contributed by atoms with van der Waals surface area (Å²) in [6.07, 6.45) is 70.3. The molecule has 6 nitrogen and oxygen atoms in total. The van der Waals surface area contributed by atoms with E-state index in [4.69, 9.17) is 4.74 Å². The topological polar surface area (TPSA) is 95.9 Å². The van der Waals surface area contributed by atoms with Gasteiger partial charge in [-0.25, -0.2) is 0 Å². The third kappa shape index (κ3) is 53.3. The molecule has 0 spiro atoms. The predicted molar refractivity (Wildman–Crippen MR) is 292 cm³/mol. The maximum Gasteiger partial charge on any atom is 0.305 e. The maximum atomic E-state index is 12.5. The predicted octanol–water partition coefficient (Wildman–Crippen LogP) is 18.4. The van der Waals surface area contributed by atoms with Gasteiger partial charge in [0, 0.05) is 12.8 Å². The van der Waals surface area contributed by atoms with Gasteiger partial charge in [-0.15, -0.1) is 0 Å². The number of hydrogen-bond donors (Lipinski definition) is 3. The number of allylic oxidation sites excluding steroid dienone is 5. The summed E-state index contributed by atoms with van der Waals surface area (Å²) in [5, 5.41) is 23.2. The van der Waals surface area contributed by atoms with Gasteiger partial charge in [0.05, 0.1) is 25.4 Å². The molecule has 0 aliphatic heterocycles. The monoisotopic (exact) mass is 942 g/mol. The summed E-state index contributed by atoms with van der Waals surface area (Å²) in [5.41, 5.74) is 0. The van der Waals surface area contributed by atoms with Crippen LogP contribution in [0.25, 0.3) is 0 Å². The minimum absolute atomic E-state index is 0.0409. The van der Waals surface area contributed by atoms with E-state index in [1.165, 1.54) is 212 Å². The van der Waals surface area contributed by atoms with Crippen LogP contribution in [0.2, 0.25) is 0 Å². The summed E-state index contributed by atoms with van der Waals surface area (Å²) in [7, 11) is 0. The molecule has 0 bridgehead atoms. The molecule has 0 fully saturated rings. The van der Waals surface area contributed by atoms with Crippen molar-refractivity contribution in [2.24, 2.45) is 0 Å². The number of aliphatic hydroxyl groups excluding tert-OH is 2. The number of carbonyl (C=O) groups excluding carboxylic acids is 2.